The Hall–Kier alpha value is -2.56. The first-order valence-electron chi connectivity index (χ1n) is 12.5. The molecule has 7 N–H and O–H groups in total. The van der Waals surface area contributed by atoms with Gasteiger partial charge in [0.2, 0.25) is 10.0 Å². The van der Waals surface area contributed by atoms with Gasteiger partial charge in [0.25, 0.3) is 0 Å². The van der Waals surface area contributed by atoms with Gasteiger partial charge in [-0.3, -0.25) is 0 Å². The second kappa shape index (κ2) is 14.3. The van der Waals surface area contributed by atoms with Crippen molar-refractivity contribution >= 4 is 10.0 Å². The fraction of sp³-hybridized carbons (Fsp3) is 1.00. The van der Waals surface area contributed by atoms with E-state index in [1.807, 2.05) is 0 Å². The molecule has 42 heavy (non-hydrogen) atoms. The minimum absolute atomic E-state index is 0.372. The van der Waals surface area contributed by atoms with Gasteiger partial charge in [0.15, 0.2) is 12.6 Å². The van der Waals surface area contributed by atoms with Crippen molar-refractivity contribution in [2.24, 2.45) is 15.3 Å². The van der Waals surface area contributed by atoms with Gasteiger partial charge >= 0.3 is 0 Å². The van der Waals surface area contributed by atoms with Crippen LogP contribution in [-0.4, -0.2) is 144 Å². The number of aliphatic hydroxyl groups excluding tert-OH is 6. The lowest BCUT2D eigenvalue weighted by Gasteiger charge is -2.48. The summed E-state index contributed by atoms with van der Waals surface area (Å²) in [5.41, 5.74) is 26.8. The third-order valence-corrected chi connectivity index (χ3v) is 7.74. The number of hydrogen-bond donors (Lipinski definition) is 7. The first-order valence-corrected chi connectivity index (χ1v) is 14.4. The zero-order valence-electron chi connectivity index (χ0n) is 22.1. The number of sulfonamides is 1. The van der Waals surface area contributed by atoms with Crippen LogP contribution in [0.5, 0.6) is 0 Å². The third kappa shape index (κ3) is 7.68. The molecule has 22 nitrogen and oxygen atoms in total. The van der Waals surface area contributed by atoms with E-state index in [0.717, 1.165) is 6.26 Å². The van der Waals surface area contributed by atoms with Gasteiger partial charge in [-0.2, -0.15) is 0 Å². The summed E-state index contributed by atoms with van der Waals surface area (Å²) in [6.45, 7) is 0.828. The smallest absolute Gasteiger partial charge is 0.209 e. The average molecular weight is 625 g/mol. The van der Waals surface area contributed by atoms with Crippen molar-refractivity contribution in [1.29, 1.82) is 0 Å². The Labute approximate surface area is 237 Å². The molecular weight excluding hydrogens is 592 g/mol. The average Bonchev–Trinajstić information content (AvgIpc) is 3.18. The Bertz CT molecular complexity index is 1200. The lowest BCUT2D eigenvalue weighted by Crippen LogP contribution is -2.66. The largest absolute Gasteiger partial charge is 0.391 e. The van der Waals surface area contributed by atoms with Crippen molar-refractivity contribution in [1.82, 2.24) is 4.72 Å². The molecule has 1 saturated carbocycles. The van der Waals surface area contributed by atoms with Gasteiger partial charge in [0.1, 0.15) is 36.6 Å². The van der Waals surface area contributed by atoms with Crippen molar-refractivity contribution in [3.8, 4) is 0 Å². The Morgan fingerprint density at radius 3 is 2.12 bits per heavy atom. The molecule has 5 unspecified atom stereocenters. The van der Waals surface area contributed by atoms with Gasteiger partial charge in [0, 0.05) is 14.7 Å². The van der Waals surface area contributed by atoms with Crippen molar-refractivity contribution < 1.29 is 58.0 Å². The topological polar surface area (TPSA) is 351 Å². The van der Waals surface area contributed by atoms with Crippen LogP contribution < -0.4 is 4.72 Å². The zero-order valence-corrected chi connectivity index (χ0v) is 23.0. The summed E-state index contributed by atoms with van der Waals surface area (Å²) < 4.78 is 48.9. The van der Waals surface area contributed by atoms with Crippen LogP contribution in [0, 0.1) is 0 Å². The van der Waals surface area contributed by atoms with Crippen LogP contribution >= 0.6 is 0 Å². The predicted octanol–water partition coefficient (Wildman–Crippen LogP) is -2.62. The standard InChI is InChI=1S/C19H32N10O12S/c1-5(30)15-13(34)12(33)9(25-29-22)18(39-15)40-16-7(24-28-21)3-6(26-42(2,36)37)10(31)17(16)41-19-14(35)11(32)8(38-19)4-23-27-20/h5-19,26,30-35H,3-4H2,1-2H3/t5-,6-,7?,8-,9?,10?,11+,12-,13+,14?,15?,16-,17-,18-,19+/m1/s1. The molecule has 0 spiro atoms. The molecule has 0 aromatic heterocycles. The lowest BCUT2D eigenvalue weighted by molar-refractivity contribution is -0.315. The molecule has 0 aromatic carbocycles. The molecule has 0 radical (unpaired) electrons. The van der Waals surface area contributed by atoms with Crippen LogP contribution in [0.4, 0.5) is 0 Å². The maximum absolute atomic E-state index is 12.0. The second-order valence-electron chi connectivity index (χ2n) is 10.0. The van der Waals surface area contributed by atoms with Crippen molar-refractivity contribution in [3.05, 3.63) is 31.3 Å². The monoisotopic (exact) mass is 624 g/mol. The van der Waals surface area contributed by atoms with E-state index in [0.29, 0.717) is 0 Å². The van der Waals surface area contributed by atoms with Crippen LogP contribution in [0.2, 0.25) is 0 Å². The zero-order chi connectivity index (χ0) is 31.4. The van der Waals surface area contributed by atoms with Crippen LogP contribution in [0.25, 0.3) is 31.3 Å². The van der Waals surface area contributed by atoms with E-state index in [1.54, 1.807) is 0 Å². The van der Waals surface area contributed by atoms with E-state index < -0.39 is 108 Å². The lowest BCUT2D eigenvalue weighted by atomic mass is 9.84. The van der Waals surface area contributed by atoms with Gasteiger partial charge in [-0.15, -0.1) is 0 Å². The van der Waals surface area contributed by atoms with E-state index in [2.05, 4.69) is 34.8 Å². The SMILES string of the molecule is C[C@@H](O)C1O[C@H](O[C@@H]2C(N=[N+]=[N-])C[C@@H](NS(C)(=O)=O)C(O)[C@H]2O[C@@H]2O[C@H](CN=[N+]=[N-])[C@H](O)C2O)C(N=[N+]=[N-])[C@@H](O)[C@@H]1O. The van der Waals surface area contributed by atoms with Gasteiger partial charge < -0.3 is 49.6 Å². The van der Waals surface area contributed by atoms with E-state index in [4.69, 9.17) is 30.0 Å². The first kappa shape index (κ1) is 33.9. The van der Waals surface area contributed by atoms with Crippen molar-refractivity contribution in [3.63, 3.8) is 0 Å². The van der Waals surface area contributed by atoms with E-state index in [-0.39, 0.29) is 6.42 Å². The fourth-order valence-corrected chi connectivity index (χ4v) is 5.83. The summed E-state index contributed by atoms with van der Waals surface area (Å²) in [4.78, 5) is 7.90. The molecule has 15 atom stereocenters. The summed E-state index contributed by atoms with van der Waals surface area (Å²) >= 11 is 0. The van der Waals surface area contributed by atoms with Gasteiger partial charge in [-0.1, -0.05) is 15.3 Å². The van der Waals surface area contributed by atoms with Gasteiger partial charge in [-0.05, 0) is 29.9 Å². The molecule has 3 aliphatic rings. The first-order chi connectivity index (χ1) is 19.7. The summed E-state index contributed by atoms with van der Waals surface area (Å²) in [6, 6.07) is -4.34. The second-order valence-corrected chi connectivity index (χ2v) is 11.8. The Morgan fingerprint density at radius 2 is 1.55 bits per heavy atom. The summed E-state index contributed by atoms with van der Waals surface area (Å²) in [5.74, 6) is 0. The molecule has 3 rings (SSSR count). The number of hydrogen-bond acceptors (Lipinski definition) is 15. The maximum Gasteiger partial charge on any atom is 0.209 e. The molecule has 0 bridgehead atoms. The third-order valence-electron chi connectivity index (χ3n) is 7.01. The van der Waals surface area contributed by atoms with Gasteiger partial charge in [0.05, 0.1) is 55.4 Å². The van der Waals surface area contributed by atoms with Crippen LogP contribution in [-0.2, 0) is 29.0 Å². The molecule has 3 fully saturated rings. The predicted molar refractivity (Wildman–Crippen MR) is 135 cm³/mol. The van der Waals surface area contributed by atoms with E-state index in [1.165, 1.54) is 6.92 Å². The van der Waals surface area contributed by atoms with E-state index >= 15 is 0 Å². The highest BCUT2D eigenvalue weighted by atomic mass is 32.2. The number of rotatable bonds is 11. The number of nitrogens with zero attached hydrogens (tertiary/aromatic N) is 9. The van der Waals surface area contributed by atoms with Crippen molar-refractivity contribution in [2.75, 3.05) is 12.8 Å². The number of azide groups is 3. The summed E-state index contributed by atoms with van der Waals surface area (Å²) in [6.07, 6.45) is -19.2. The quantitative estimate of drug-likeness (QED) is 0.0705. The molecule has 2 heterocycles. The Balaban J connectivity index is 2.02. The number of ether oxygens (including phenoxy) is 4. The molecule has 0 aromatic rings. The van der Waals surface area contributed by atoms with Crippen molar-refractivity contribution in [2.45, 2.75) is 105 Å². The molecule has 2 aliphatic heterocycles. The molecule has 2 saturated heterocycles. The number of aliphatic hydroxyl groups is 6. The summed E-state index contributed by atoms with van der Waals surface area (Å²) in [7, 11) is -3.95. The fourth-order valence-electron chi connectivity index (χ4n) is 5.05. The molecule has 23 heteroatoms. The Morgan fingerprint density at radius 1 is 0.905 bits per heavy atom. The van der Waals surface area contributed by atoms with Crippen LogP contribution in [0.1, 0.15) is 13.3 Å². The number of nitrogens with one attached hydrogen (secondary N) is 1. The highest BCUT2D eigenvalue weighted by Crippen LogP contribution is 2.35. The van der Waals surface area contributed by atoms with Crippen LogP contribution in [0.15, 0.2) is 15.3 Å². The Kier molecular flexibility index (Phi) is 11.5. The highest BCUT2D eigenvalue weighted by Gasteiger charge is 2.54. The molecular formula is C19H32N10O12S. The minimum Gasteiger partial charge on any atom is -0.391 e. The highest BCUT2D eigenvalue weighted by molar-refractivity contribution is 7.88. The van der Waals surface area contributed by atoms with E-state index in [9.17, 15) is 44.6 Å². The molecule has 1 aliphatic carbocycles. The molecule has 0 amide bonds. The normalized spacial score (nSPS) is 43.0. The van der Waals surface area contributed by atoms with Crippen LogP contribution in [0.3, 0.4) is 0 Å². The molecule has 236 valence electrons. The maximum atomic E-state index is 12.0. The summed E-state index contributed by atoms with van der Waals surface area (Å²) in [5, 5.41) is 73.4. The minimum atomic E-state index is -3.95. The van der Waals surface area contributed by atoms with Gasteiger partial charge in [-0.25, -0.2) is 13.1 Å².